The van der Waals surface area contributed by atoms with E-state index in [2.05, 4.69) is 0 Å². The molecular formula is C15H22ClNO3S. The highest BCUT2D eigenvalue weighted by atomic mass is 35.5. The summed E-state index contributed by atoms with van der Waals surface area (Å²) in [6.07, 6.45) is 5.95. The number of halogens is 1. The normalized spacial score (nSPS) is 27.5. The number of rotatable bonds is 3. The van der Waals surface area contributed by atoms with E-state index in [1.807, 2.05) is 0 Å². The minimum Gasteiger partial charge on any atom is -0.464 e. The highest BCUT2D eigenvalue weighted by Gasteiger charge is 2.37. The minimum absolute atomic E-state index is 0.195. The first-order valence-corrected chi connectivity index (χ1v) is 9.65. The number of alkyl halides is 1. The van der Waals surface area contributed by atoms with Gasteiger partial charge in [-0.1, -0.05) is 19.3 Å². The number of piperidine rings is 1. The zero-order valence-corrected chi connectivity index (χ0v) is 13.9. The Morgan fingerprint density at radius 3 is 2.67 bits per heavy atom. The van der Waals surface area contributed by atoms with Crippen LogP contribution in [0.15, 0.2) is 15.4 Å². The first-order valence-electron chi connectivity index (χ1n) is 7.68. The third kappa shape index (κ3) is 2.88. The lowest BCUT2D eigenvalue weighted by molar-refractivity contribution is 0.136. The lowest BCUT2D eigenvalue weighted by Crippen LogP contribution is -2.44. The Bertz CT molecular complexity index is 610. The van der Waals surface area contributed by atoms with Crippen molar-refractivity contribution in [3.8, 4) is 0 Å². The maximum Gasteiger partial charge on any atom is 0.246 e. The molecule has 1 saturated heterocycles. The molecule has 1 aliphatic carbocycles. The molecule has 2 fully saturated rings. The average Bonchev–Trinajstić information content (AvgIpc) is 2.88. The molecular weight excluding hydrogens is 310 g/mol. The van der Waals surface area contributed by atoms with Crippen molar-refractivity contribution in [1.82, 2.24) is 4.31 Å². The number of hydrogen-bond acceptors (Lipinski definition) is 3. The lowest BCUT2D eigenvalue weighted by Gasteiger charge is -2.40. The molecule has 1 aliphatic heterocycles. The van der Waals surface area contributed by atoms with Gasteiger partial charge in [-0.2, -0.15) is 4.31 Å². The van der Waals surface area contributed by atoms with Gasteiger partial charge in [-0.3, -0.25) is 0 Å². The van der Waals surface area contributed by atoms with Gasteiger partial charge in [-0.15, -0.1) is 11.6 Å². The van der Waals surface area contributed by atoms with Gasteiger partial charge in [-0.25, -0.2) is 8.42 Å². The summed E-state index contributed by atoms with van der Waals surface area (Å²) in [5.74, 6) is 2.40. The van der Waals surface area contributed by atoms with Gasteiger partial charge in [0.25, 0.3) is 0 Å². The summed E-state index contributed by atoms with van der Waals surface area (Å²) < 4.78 is 32.7. The molecule has 1 aromatic heterocycles. The highest BCUT2D eigenvalue weighted by Crippen LogP contribution is 2.38. The predicted molar refractivity (Wildman–Crippen MR) is 81.8 cm³/mol. The fraction of sp³-hybridized carbons (Fsp3) is 0.733. The number of hydrogen-bond donors (Lipinski definition) is 0. The van der Waals surface area contributed by atoms with Crippen LogP contribution in [0.5, 0.6) is 0 Å². The van der Waals surface area contributed by atoms with Crippen LogP contribution in [0.3, 0.4) is 0 Å². The molecule has 0 bridgehead atoms. The largest absolute Gasteiger partial charge is 0.464 e. The van der Waals surface area contributed by atoms with E-state index in [1.165, 1.54) is 19.3 Å². The summed E-state index contributed by atoms with van der Waals surface area (Å²) in [6, 6.07) is 1.57. The fourth-order valence-electron chi connectivity index (χ4n) is 3.77. The molecule has 21 heavy (non-hydrogen) atoms. The van der Waals surface area contributed by atoms with Crippen molar-refractivity contribution in [3.63, 3.8) is 0 Å². The van der Waals surface area contributed by atoms with Crippen LogP contribution >= 0.6 is 11.6 Å². The molecule has 0 N–H and O–H groups in total. The predicted octanol–water partition coefficient (Wildman–Crippen LogP) is 3.53. The van der Waals surface area contributed by atoms with E-state index in [9.17, 15) is 8.42 Å². The van der Waals surface area contributed by atoms with Gasteiger partial charge in [0.2, 0.25) is 10.0 Å². The van der Waals surface area contributed by atoms with Gasteiger partial charge in [0.1, 0.15) is 16.4 Å². The van der Waals surface area contributed by atoms with Crippen LogP contribution in [0.4, 0.5) is 0 Å². The van der Waals surface area contributed by atoms with Gasteiger partial charge in [0, 0.05) is 19.2 Å². The van der Waals surface area contributed by atoms with E-state index >= 15 is 0 Å². The Morgan fingerprint density at radius 2 is 2.00 bits per heavy atom. The summed E-state index contributed by atoms with van der Waals surface area (Å²) in [5.41, 5.74) is 0. The zero-order valence-electron chi connectivity index (χ0n) is 12.3. The van der Waals surface area contributed by atoms with E-state index in [1.54, 1.807) is 17.3 Å². The van der Waals surface area contributed by atoms with Crippen molar-refractivity contribution in [2.24, 2.45) is 11.8 Å². The molecule has 0 spiro atoms. The van der Waals surface area contributed by atoms with Gasteiger partial charge < -0.3 is 4.42 Å². The lowest BCUT2D eigenvalue weighted by atomic mass is 9.76. The monoisotopic (exact) mass is 331 g/mol. The minimum atomic E-state index is -3.45. The summed E-state index contributed by atoms with van der Waals surface area (Å²) in [5, 5.41) is 0. The van der Waals surface area contributed by atoms with Crippen LogP contribution in [0.25, 0.3) is 0 Å². The smallest absolute Gasteiger partial charge is 0.246 e. The molecule has 2 aliphatic rings. The Morgan fingerprint density at radius 1 is 1.29 bits per heavy atom. The van der Waals surface area contributed by atoms with Gasteiger partial charge >= 0.3 is 0 Å². The van der Waals surface area contributed by atoms with E-state index in [-0.39, 0.29) is 10.8 Å². The third-order valence-electron chi connectivity index (χ3n) is 4.93. The van der Waals surface area contributed by atoms with Crippen LogP contribution < -0.4 is 0 Å². The summed E-state index contributed by atoms with van der Waals surface area (Å²) >= 11 is 5.74. The summed E-state index contributed by atoms with van der Waals surface area (Å²) in [4.78, 5) is 0.285. The Hall–Kier alpha value is -0.520. The van der Waals surface area contributed by atoms with Crippen molar-refractivity contribution in [2.45, 2.75) is 49.8 Å². The third-order valence-corrected chi connectivity index (χ3v) is 7.16. The number of fused-ring (bicyclic) bond motifs is 1. The second kappa shape index (κ2) is 5.94. The molecule has 4 nitrogen and oxygen atoms in total. The number of aryl methyl sites for hydroxylation is 1. The maximum atomic E-state index is 12.8. The van der Waals surface area contributed by atoms with Crippen LogP contribution in [0.1, 0.15) is 43.6 Å². The maximum absolute atomic E-state index is 12.8. The molecule has 6 heteroatoms. The number of nitrogens with zero attached hydrogens (tertiary/aromatic N) is 1. The standard InChI is InChI=1S/C15H22ClNO3S/c1-11-15(8-14(9-16)20-11)21(18,19)17-7-6-12-4-2-3-5-13(12)10-17/h8,12-13H,2-7,9-10H2,1H3. The molecule has 1 aromatic rings. The number of furan rings is 1. The SMILES string of the molecule is Cc1oc(CCl)cc1S(=O)(=O)N1CCC2CCCCC2C1. The first kappa shape index (κ1) is 15.4. The first-order chi connectivity index (χ1) is 10.0. The Balaban J connectivity index is 1.83. The Kier molecular flexibility index (Phi) is 4.35. The molecule has 118 valence electrons. The quantitative estimate of drug-likeness (QED) is 0.796. The molecule has 2 unspecified atom stereocenters. The van der Waals surface area contributed by atoms with Crippen molar-refractivity contribution >= 4 is 21.6 Å². The van der Waals surface area contributed by atoms with Crippen LogP contribution in [0.2, 0.25) is 0 Å². The molecule has 0 aromatic carbocycles. The molecule has 1 saturated carbocycles. The van der Waals surface area contributed by atoms with E-state index < -0.39 is 10.0 Å². The molecule has 0 amide bonds. The highest BCUT2D eigenvalue weighted by molar-refractivity contribution is 7.89. The van der Waals surface area contributed by atoms with Gasteiger partial charge in [0.05, 0.1) is 5.88 Å². The van der Waals surface area contributed by atoms with E-state index in [4.69, 9.17) is 16.0 Å². The zero-order chi connectivity index (χ0) is 15.0. The Labute approximate surface area is 131 Å². The second-order valence-corrected chi connectivity index (χ2v) is 8.40. The van der Waals surface area contributed by atoms with Crippen LogP contribution in [0, 0.1) is 18.8 Å². The van der Waals surface area contributed by atoms with Crippen molar-refractivity contribution in [1.29, 1.82) is 0 Å². The van der Waals surface area contributed by atoms with Crippen LogP contribution in [-0.4, -0.2) is 25.8 Å². The topological polar surface area (TPSA) is 50.5 Å². The molecule has 0 radical (unpaired) electrons. The average molecular weight is 332 g/mol. The second-order valence-electron chi connectivity index (χ2n) is 6.22. The number of sulfonamides is 1. The van der Waals surface area contributed by atoms with Gasteiger partial charge in [0.15, 0.2) is 0 Å². The van der Waals surface area contributed by atoms with Crippen LogP contribution in [-0.2, 0) is 15.9 Å². The fourth-order valence-corrected chi connectivity index (χ4v) is 5.60. The van der Waals surface area contributed by atoms with Crippen molar-refractivity contribution in [3.05, 3.63) is 17.6 Å². The van der Waals surface area contributed by atoms with Gasteiger partial charge in [-0.05, 0) is 31.6 Å². The molecule has 2 atom stereocenters. The van der Waals surface area contributed by atoms with Crippen molar-refractivity contribution in [2.75, 3.05) is 13.1 Å². The van der Waals surface area contributed by atoms with E-state index in [0.29, 0.717) is 36.4 Å². The molecule has 2 heterocycles. The van der Waals surface area contributed by atoms with Crippen molar-refractivity contribution < 1.29 is 12.8 Å². The summed E-state index contributed by atoms with van der Waals surface area (Å²) in [6.45, 7) is 2.98. The van der Waals surface area contributed by atoms with E-state index in [0.717, 1.165) is 12.8 Å². The summed E-state index contributed by atoms with van der Waals surface area (Å²) in [7, 11) is -3.45. The molecule has 3 rings (SSSR count).